The number of benzene rings is 1. The van der Waals surface area contributed by atoms with Crippen molar-refractivity contribution in [2.75, 3.05) is 11.9 Å². The molecule has 1 atom stereocenters. The lowest BCUT2D eigenvalue weighted by atomic mass is 10.1. The summed E-state index contributed by atoms with van der Waals surface area (Å²) >= 11 is 3.33. The normalized spacial score (nSPS) is 18.6. The second-order valence-electron chi connectivity index (χ2n) is 4.85. The minimum absolute atomic E-state index is 0.0487. The van der Waals surface area contributed by atoms with Crippen molar-refractivity contribution in [1.29, 1.82) is 0 Å². The van der Waals surface area contributed by atoms with Crippen LogP contribution in [0.2, 0.25) is 0 Å². The molecule has 1 aliphatic heterocycles. The molecular weight excluding hydrogens is 335 g/mol. The van der Waals surface area contributed by atoms with Gasteiger partial charge in [0.1, 0.15) is 0 Å². The summed E-state index contributed by atoms with van der Waals surface area (Å²) in [5.41, 5.74) is -0.394. The van der Waals surface area contributed by atoms with E-state index in [1.165, 1.54) is 0 Å². The van der Waals surface area contributed by atoms with Gasteiger partial charge in [-0.3, -0.25) is 4.79 Å². The van der Waals surface area contributed by atoms with Crippen molar-refractivity contribution in [3.8, 4) is 0 Å². The van der Waals surface area contributed by atoms with Crippen LogP contribution in [0, 0.1) is 17.5 Å². The quantitative estimate of drug-likeness (QED) is 0.596. The molecule has 0 spiro atoms. The zero-order valence-electron chi connectivity index (χ0n) is 10.8. The average Bonchev–Trinajstić information content (AvgIpc) is 2.90. The Balaban J connectivity index is 2.20. The highest BCUT2D eigenvalue weighted by molar-refractivity contribution is 9.09. The van der Waals surface area contributed by atoms with Gasteiger partial charge in [-0.05, 0) is 37.8 Å². The van der Waals surface area contributed by atoms with E-state index in [9.17, 15) is 18.0 Å². The van der Waals surface area contributed by atoms with Crippen LogP contribution in [0.25, 0.3) is 0 Å². The second kappa shape index (κ2) is 6.61. The second-order valence-corrected chi connectivity index (χ2v) is 5.64. The first-order valence-corrected chi connectivity index (χ1v) is 7.69. The van der Waals surface area contributed by atoms with Crippen LogP contribution in [0.4, 0.5) is 13.2 Å². The summed E-state index contributed by atoms with van der Waals surface area (Å²) in [4.78, 5) is 13.9. The van der Waals surface area contributed by atoms with Gasteiger partial charge in [0.15, 0.2) is 17.5 Å². The van der Waals surface area contributed by atoms with E-state index in [2.05, 4.69) is 15.9 Å². The van der Waals surface area contributed by atoms with Gasteiger partial charge in [-0.15, -0.1) is 0 Å². The first-order chi connectivity index (χ1) is 9.56. The Morgan fingerprint density at radius 1 is 1.30 bits per heavy atom. The highest BCUT2D eigenvalue weighted by Crippen LogP contribution is 2.25. The van der Waals surface area contributed by atoms with Crippen molar-refractivity contribution >= 4 is 21.8 Å². The zero-order chi connectivity index (χ0) is 14.7. The van der Waals surface area contributed by atoms with Crippen LogP contribution in [0.1, 0.15) is 36.0 Å². The summed E-state index contributed by atoms with van der Waals surface area (Å²) in [6.07, 6.45) is 3.45. The molecule has 1 aromatic rings. The van der Waals surface area contributed by atoms with E-state index >= 15 is 0 Å². The fourth-order valence-electron chi connectivity index (χ4n) is 2.56. The molecule has 0 N–H and O–H groups in total. The molecule has 0 radical (unpaired) electrons. The number of hydrogen-bond donors (Lipinski definition) is 0. The number of carbonyl (C=O) groups is 1. The minimum Gasteiger partial charge on any atom is -0.336 e. The summed E-state index contributed by atoms with van der Waals surface area (Å²) < 4.78 is 39.8. The van der Waals surface area contributed by atoms with Crippen molar-refractivity contribution in [2.45, 2.75) is 31.7 Å². The molecule has 2 rings (SSSR count). The Morgan fingerprint density at radius 3 is 2.75 bits per heavy atom. The molecule has 0 bridgehead atoms. The molecular formula is C14H15BrF3NO. The van der Waals surface area contributed by atoms with E-state index in [-0.39, 0.29) is 6.04 Å². The molecule has 0 aliphatic carbocycles. The predicted molar refractivity (Wildman–Crippen MR) is 73.4 cm³/mol. The van der Waals surface area contributed by atoms with Crippen LogP contribution in [-0.4, -0.2) is 28.7 Å². The van der Waals surface area contributed by atoms with Crippen molar-refractivity contribution in [3.63, 3.8) is 0 Å². The number of nitrogens with zero attached hydrogens (tertiary/aromatic N) is 1. The maximum absolute atomic E-state index is 13.7. The molecule has 20 heavy (non-hydrogen) atoms. The van der Waals surface area contributed by atoms with E-state index in [0.29, 0.717) is 6.54 Å². The van der Waals surface area contributed by atoms with Gasteiger partial charge in [0.25, 0.3) is 5.91 Å². The van der Waals surface area contributed by atoms with Crippen molar-refractivity contribution < 1.29 is 18.0 Å². The molecule has 0 aromatic heterocycles. The molecule has 1 saturated heterocycles. The number of alkyl halides is 1. The number of carbonyl (C=O) groups excluding carboxylic acids is 1. The lowest BCUT2D eigenvalue weighted by Crippen LogP contribution is -2.36. The molecule has 0 saturated carbocycles. The predicted octanol–water partition coefficient (Wildman–Crippen LogP) is 3.88. The Bertz CT molecular complexity index is 509. The van der Waals surface area contributed by atoms with Gasteiger partial charge >= 0.3 is 0 Å². The maximum atomic E-state index is 13.7. The number of likely N-dealkylation sites (tertiary alicyclic amines) is 1. The van der Waals surface area contributed by atoms with Crippen LogP contribution in [-0.2, 0) is 0 Å². The first-order valence-electron chi connectivity index (χ1n) is 6.56. The lowest BCUT2D eigenvalue weighted by Gasteiger charge is -2.25. The molecule has 1 fully saturated rings. The fraction of sp³-hybridized carbons (Fsp3) is 0.500. The largest absolute Gasteiger partial charge is 0.336 e. The van der Waals surface area contributed by atoms with E-state index in [4.69, 9.17) is 0 Å². The summed E-state index contributed by atoms with van der Waals surface area (Å²) in [5.74, 6) is -4.83. The van der Waals surface area contributed by atoms with Gasteiger partial charge in [0.05, 0.1) is 5.56 Å². The molecule has 1 heterocycles. The molecule has 1 amide bonds. The van der Waals surface area contributed by atoms with Gasteiger partial charge in [-0.25, -0.2) is 13.2 Å². The molecule has 110 valence electrons. The standard InChI is InChI=1S/C14H15BrF3NO/c15-7-1-3-9-4-2-8-19(9)14(20)10-5-6-11(16)13(18)12(10)17/h5-6,9H,1-4,7-8H2. The van der Waals surface area contributed by atoms with E-state index in [1.54, 1.807) is 4.90 Å². The van der Waals surface area contributed by atoms with Crippen LogP contribution in [0.3, 0.4) is 0 Å². The van der Waals surface area contributed by atoms with E-state index < -0.39 is 28.9 Å². The van der Waals surface area contributed by atoms with Crippen molar-refractivity contribution in [2.24, 2.45) is 0 Å². The topological polar surface area (TPSA) is 20.3 Å². The highest BCUT2D eigenvalue weighted by atomic mass is 79.9. The number of rotatable bonds is 4. The molecule has 6 heteroatoms. The van der Waals surface area contributed by atoms with Gasteiger partial charge in [-0.2, -0.15) is 0 Å². The van der Waals surface area contributed by atoms with Crippen molar-refractivity contribution in [1.82, 2.24) is 4.90 Å². The van der Waals surface area contributed by atoms with Gasteiger partial charge in [-0.1, -0.05) is 15.9 Å². The summed E-state index contributed by atoms with van der Waals surface area (Å²) in [6, 6.07) is 1.85. The van der Waals surface area contributed by atoms with E-state index in [1.807, 2.05) is 0 Å². The number of hydrogen-bond acceptors (Lipinski definition) is 1. The average molecular weight is 350 g/mol. The Kier molecular flexibility index (Phi) is 5.07. The Hall–Kier alpha value is -1.04. The van der Waals surface area contributed by atoms with Crippen LogP contribution >= 0.6 is 15.9 Å². The Morgan fingerprint density at radius 2 is 2.05 bits per heavy atom. The third-order valence-electron chi connectivity index (χ3n) is 3.57. The van der Waals surface area contributed by atoms with Crippen LogP contribution in [0.5, 0.6) is 0 Å². The Labute approximate surface area is 124 Å². The molecule has 1 aliphatic rings. The summed E-state index contributed by atoms with van der Waals surface area (Å²) in [5, 5.41) is 0.838. The van der Waals surface area contributed by atoms with Crippen LogP contribution < -0.4 is 0 Å². The third kappa shape index (κ3) is 3.00. The van der Waals surface area contributed by atoms with Crippen molar-refractivity contribution in [3.05, 3.63) is 35.1 Å². The monoisotopic (exact) mass is 349 g/mol. The lowest BCUT2D eigenvalue weighted by molar-refractivity contribution is 0.0724. The third-order valence-corrected chi connectivity index (χ3v) is 4.14. The SMILES string of the molecule is O=C(c1ccc(F)c(F)c1F)N1CCCC1CCCBr. The van der Waals surface area contributed by atoms with Gasteiger partial charge in [0.2, 0.25) is 0 Å². The number of halogens is 4. The first kappa shape index (κ1) is 15.4. The van der Waals surface area contributed by atoms with E-state index in [0.717, 1.165) is 43.1 Å². The smallest absolute Gasteiger partial charge is 0.257 e. The molecule has 1 unspecified atom stereocenters. The number of amides is 1. The summed E-state index contributed by atoms with van der Waals surface area (Å²) in [6.45, 7) is 0.532. The maximum Gasteiger partial charge on any atom is 0.257 e. The minimum atomic E-state index is -1.59. The highest BCUT2D eigenvalue weighted by Gasteiger charge is 2.31. The summed E-state index contributed by atoms with van der Waals surface area (Å²) in [7, 11) is 0. The molecule has 2 nitrogen and oxygen atoms in total. The van der Waals surface area contributed by atoms with Crippen LogP contribution in [0.15, 0.2) is 12.1 Å². The molecule has 1 aromatic carbocycles. The zero-order valence-corrected chi connectivity index (χ0v) is 12.4. The fourth-order valence-corrected chi connectivity index (χ4v) is 2.89. The van der Waals surface area contributed by atoms with Gasteiger partial charge < -0.3 is 4.90 Å². The van der Waals surface area contributed by atoms with Gasteiger partial charge in [0, 0.05) is 17.9 Å².